The van der Waals surface area contributed by atoms with Gasteiger partial charge in [0.15, 0.2) is 0 Å². The van der Waals surface area contributed by atoms with E-state index in [0.717, 1.165) is 18.4 Å². The fourth-order valence-corrected chi connectivity index (χ4v) is 2.01. The summed E-state index contributed by atoms with van der Waals surface area (Å²) < 4.78 is 5.84. The number of ether oxygens (including phenoxy) is 1. The molecule has 1 fully saturated rings. The Kier molecular flexibility index (Phi) is 2.78. The summed E-state index contributed by atoms with van der Waals surface area (Å²) in [6, 6.07) is 7.21. The molecular formula is C13H16O2. The smallest absolute Gasteiger partial charge is 0.115 e. The molecule has 0 unspecified atom stereocenters. The molecule has 2 atom stereocenters. The summed E-state index contributed by atoms with van der Waals surface area (Å²) in [4.78, 5) is 0. The lowest BCUT2D eigenvalue weighted by Crippen LogP contribution is -2.20. The van der Waals surface area contributed by atoms with Crippen LogP contribution in [-0.4, -0.2) is 11.2 Å². The van der Waals surface area contributed by atoms with Crippen LogP contribution in [0.3, 0.4) is 0 Å². The van der Waals surface area contributed by atoms with Gasteiger partial charge in [0.25, 0.3) is 0 Å². The summed E-state index contributed by atoms with van der Waals surface area (Å²) >= 11 is 0. The Hall–Kier alpha value is -1.28. The minimum absolute atomic E-state index is 0.0989. The van der Waals surface area contributed by atoms with Gasteiger partial charge < -0.3 is 9.84 Å². The maximum atomic E-state index is 9.20. The second-order valence-electron chi connectivity index (χ2n) is 4.19. The van der Waals surface area contributed by atoms with Gasteiger partial charge in [0.1, 0.15) is 5.75 Å². The topological polar surface area (TPSA) is 29.5 Å². The fraction of sp³-hybridized carbons (Fsp3) is 0.385. The fourth-order valence-electron chi connectivity index (χ4n) is 2.01. The molecule has 0 saturated carbocycles. The van der Waals surface area contributed by atoms with E-state index in [1.54, 1.807) is 12.1 Å². The molecule has 0 aromatic heterocycles. The second kappa shape index (κ2) is 4.07. The van der Waals surface area contributed by atoms with Crippen LogP contribution in [0.4, 0.5) is 0 Å². The molecule has 1 aliphatic rings. The number of aromatic hydroxyl groups is 1. The van der Waals surface area contributed by atoms with Crippen molar-refractivity contribution >= 4 is 0 Å². The zero-order valence-corrected chi connectivity index (χ0v) is 8.94. The van der Waals surface area contributed by atoms with E-state index in [1.807, 2.05) is 12.1 Å². The maximum Gasteiger partial charge on any atom is 0.115 e. The van der Waals surface area contributed by atoms with Crippen molar-refractivity contribution in [3.63, 3.8) is 0 Å². The van der Waals surface area contributed by atoms with Gasteiger partial charge in [-0.2, -0.15) is 0 Å². The SMILES string of the molecule is C=C1C[C@@H](C)O[C@H](c2ccc(O)cc2)C1. The summed E-state index contributed by atoms with van der Waals surface area (Å²) in [5.41, 5.74) is 2.35. The van der Waals surface area contributed by atoms with E-state index in [2.05, 4.69) is 13.5 Å². The highest BCUT2D eigenvalue weighted by Crippen LogP contribution is 2.33. The van der Waals surface area contributed by atoms with E-state index < -0.39 is 0 Å². The Morgan fingerprint density at radius 1 is 1.27 bits per heavy atom. The van der Waals surface area contributed by atoms with Crippen LogP contribution >= 0.6 is 0 Å². The molecule has 1 saturated heterocycles. The van der Waals surface area contributed by atoms with Crippen LogP contribution in [0.2, 0.25) is 0 Å². The summed E-state index contributed by atoms with van der Waals surface area (Å²) in [6.07, 6.45) is 2.18. The van der Waals surface area contributed by atoms with Crippen LogP contribution in [0.15, 0.2) is 36.4 Å². The van der Waals surface area contributed by atoms with Gasteiger partial charge in [-0.3, -0.25) is 0 Å². The third-order valence-electron chi connectivity index (χ3n) is 2.71. The first-order chi connectivity index (χ1) is 7.15. The molecule has 0 aliphatic carbocycles. The molecule has 1 aliphatic heterocycles. The average molecular weight is 204 g/mol. The lowest BCUT2D eigenvalue weighted by molar-refractivity contribution is -0.0224. The number of phenolic OH excluding ortho intramolecular Hbond substituents is 1. The van der Waals surface area contributed by atoms with Crippen molar-refractivity contribution in [2.24, 2.45) is 0 Å². The van der Waals surface area contributed by atoms with Crippen LogP contribution in [0, 0.1) is 0 Å². The molecule has 0 bridgehead atoms. The van der Waals surface area contributed by atoms with Gasteiger partial charge in [-0.15, -0.1) is 0 Å². The van der Waals surface area contributed by atoms with Crippen molar-refractivity contribution in [1.29, 1.82) is 0 Å². The predicted molar refractivity (Wildman–Crippen MR) is 59.8 cm³/mol. The molecule has 0 radical (unpaired) electrons. The molecule has 0 amide bonds. The van der Waals surface area contributed by atoms with E-state index in [-0.39, 0.29) is 12.2 Å². The molecule has 2 heteroatoms. The van der Waals surface area contributed by atoms with E-state index in [9.17, 15) is 5.11 Å². The summed E-state index contributed by atoms with van der Waals surface area (Å²) in [5, 5.41) is 9.20. The molecule has 1 aromatic rings. The zero-order valence-electron chi connectivity index (χ0n) is 8.94. The van der Waals surface area contributed by atoms with Crippen LogP contribution in [0.5, 0.6) is 5.75 Å². The van der Waals surface area contributed by atoms with Gasteiger partial charge >= 0.3 is 0 Å². The molecule has 0 spiro atoms. The van der Waals surface area contributed by atoms with Gasteiger partial charge in [-0.1, -0.05) is 24.3 Å². The number of rotatable bonds is 1. The van der Waals surface area contributed by atoms with Crippen molar-refractivity contribution in [3.05, 3.63) is 42.0 Å². The van der Waals surface area contributed by atoms with Gasteiger partial charge in [0, 0.05) is 0 Å². The molecule has 2 nitrogen and oxygen atoms in total. The van der Waals surface area contributed by atoms with Crippen LogP contribution in [0.25, 0.3) is 0 Å². The highest BCUT2D eigenvalue weighted by atomic mass is 16.5. The van der Waals surface area contributed by atoms with Gasteiger partial charge in [-0.25, -0.2) is 0 Å². The maximum absolute atomic E-state index is 9.20. The van der Waals surface area contributed by atoms with Gasteiger partial charge in [0.05, 0.1) is 12.2 Å². The first-order valence-electron chi connectivity index (χ1n) is 5.26. The first-order valence-corrected chi connectivity index (χ1v) is 5.26. The second-order valence-corrected chi connectivity index (χ2v) is 4.19. The average Bonchev–Trinajstić information content (AvgIpc) is 2.17. The molecule has 15 heavy (non-hydrogen) atoms. The van der Waals surface area contributed by atoms with Crippen LogP contribution in [0.1, 0.15) is 31.4 Å². The standard InChI is InChI=1S/C13H16O2/c1-9-7-10(2)15-13(8-9)11-3-5-12(14)6-4-11/h3-6,10,13-14H,1,7-8H2,2H3/t10-,13+/m1/s1. The lowest BCUT2D eigenvalue weighted by Gasteiger charge is -2.29. The molecule has 1 N–H and O–H groups in total. The molecule has 1 heterocycles. The third-order valence-corrected chi connectivity index (χ3v) is 2.71. The molecule has 2 rings (SSSR count). The monoisotopic (exact) mass is 204 g/mol. The minimum atomic E-state index is 0.0989. The van der Waals surface area contributed by atoms with Crippen molar-refractivity contribution < 1.29 is 9.84 Å². The van der Waals surface area contributed by atoms with Gasteiger partial charge in [-0.05, 0) is 37.5 Å². The number of phenols is 1. The van der Waals surface area contributed by atoms with Crippen molar-refractivity contribution in [2.45, 2.75) is 32.0 Å². The van der Waals surface area contributed by atoms with E-state index >= 15 is 0 Å². The third kappa shape index (κ3) is 2.39. The Morgan fingerprint density at radius 2 is 1.93 bits per heavy atom. The van der Waals surface area contributed by atoms with Crippen molar-refractivity contribution in [1.82, 2.24) is 0 Å². The minimum Gasteiger partial charge on any atom is -0.508 e. The summed E-state index contributed by atoms with van der Waals surface area (Å²) in [5.74, 6) is 0.293. The van der Waals surface area contributed by atoms with Gasteiger partial charge in [0.2, 0.25) is 0 Å². The van der Waals surface area contributed by atoms with E-state index in [1.165, 1.54) is 5.57 Å². The van der Waals surface area contributed by atoms with E-state index in [4.69, 9.17) is 4.74 Å². The highest BCUT2D eigenvalue weighted by Gasteiger charge is 2.22. The molecule has 80 valence electrons. The zero-order chi connectivity index (χ0) is 10.8. The number of hydrogen-bond acceptors (Lipinski definition) is 2. The Balaban J connectivity index is 2.16. The largest absolute Gasteiger partial charge is 0.508 e. The van der Waals surface area contributed by atoms with Crippen molar-refractivity contribution in [2.75, 3.05) is 0 Å². The van der Waals surface area contributed by atoms with Crippen LogP contribution in [-0.2, 0) is 4.74 Å². The Labute approximate surface area is 90.2 Å². The predicted octanol–water partition coefficient (Wildman–Crippen LogP) is 3.19. The quantitative estimate of drug-likeness (QED) is 0.712. The lowest BCUT2D eigenvalue weighted by atomic mass is 9.95. The Bertz CT molecular complexity index is 353. The Morgan fingerprint density at radius 3 is 2.53 bits per heavy atom. The van der Waals surface area contributed by atoms with Crippen molar-refractivity contribution in [3.8, 4) is 5.75 Å². The summed E-state index contributed by atoms with van der Waals surface area (Å²) in [6.45, 7) is 6.10. The number of benzene rings is 1. The summed E-state index contributed by atoms with van der Waals surface area (Å²) in [7, 11) is 0. The highest BCUT2D eigenvalue weighted by molar-refractivity contribution is 5.28. The molecular weight excluding hydrogens is 188 g/mol. The normalized spacial score (nSPS) is 26.6. The van der Waals surface area contributed by atoms with E-state index in [0.29, 0.717) is 5.75 Å². The molecule has 1 aromatic carbocycles. The first kappa shape index (κ1) is 10.2. The number of hydrogen-bond donors (Lipinski definition) is 1. The van der Waals surface area contributed by atoms with Crippen LogP contribution < -0.4 is 0 Å².